The highest BCUT2D eigenvalue weighted by Gasteiger charge is 2.30. The summed E-state index contributed by atoms with van der Waals surface area (Å²) >= 11 is 0. The molecule has 2 aliphatic rings. The third kappa shape index (κ3) is 4.72. The Bertz CT molecular complexity index is 305. The smallest absolute Gasteiger partial charge is 0.336 e. The van der Waals surface area contributed by atoms with Gasteiger partial charge >= 0.3 is 5.97 Å². The van der Waals surface area contributed by atoms with Crippen molar-refractivity contribution in [3.05, 3.63) is 0 Å². The Morgan fingerprint density at radius 2 is 1.85 bits per heavy atom. The van der Waals surface area contributed by atoms with Crippen LogP contribution < -0.4 is 0 Å². The van der Waals surface area contributed by atoms with E-state index in [1.165, 1.54) is 52.4 Å². The maximum absolute atomic E-state index is 11.6. The van der Waals surface area contributed by atoms with Gasteiger partial charge in [0, 0.05) is 13.1 Å². The standard InChI is InChI=1S/C15H28N2O3/c1-13-11-17(12-14(20-13)15(18)19-2)10-6-9-16-7-4-3-5-8-16/h13-14H,3-12H2,1-2H3/t13-,14-/m1/s1. The number of carbonyl (C=O) groups is 1. The molecule has 0 unspecified atom stereocenters. The second-order valence-electron chi connectivity index (χ2n) is 5.97. The van der Waals surface area contributed by atoms with Crippen LogP contribution in [0.15, 0.2) is 0 Å². The largest absolute Gasteiger partial charge is 0.467 e. The minimum atomic E-state index is -0.418. The van der Waals surface area contributed by atoms with Crippen molar-refractivity contribution in [1.29, 1.82) is 0 Å². The van der Waals surface area contributed by atoms with Crippen LogP contribution in [0.1, 0.15) is 32.6 Å². The maximum Gasteiger partial charge on any atom is 0.336 e. The zero-order chi connectivity index (χ0) is 14.4. The molecule has 2 fully saturated rings. The van der Waals surface area contributed by atoms with E-state index >= 15 is 0 Å². The van der Waals surface area contributed by atoms with Gasteiger partial charge < -0.3 is 14.4 Å². The number of carbonyl (C=O) groups excluding carboxylic acids is 1. The highest BCUT2D eigenvalue weighted by molar-refractivity contribution is 5.74. The number of methoxy groups -OCH3 is 1. The molecule has 2 heterocycles. The molecule has 20 heavy (non-hydrogen) atoms. The molecule has 5 heteroatoms. The van der Waals surface area contributed by atoms with Crippen LogP contribution in [0.2, 0.25) is 0 Å². The number of rotatable bonds is 5. The molecule has 0 aliphatic carbocycles. The van der Waals surface area contributed by atoms with Gasteiger partial charge in [0.15, 0.2) is 6.10 Å². The van der Waals surface area contributed by atoms with Crippen LogP contribution >= 0.6 is 0 Å². The molecule has 2 aliphatic heterocycles. The number of hydrogen-bond acceptors (Lipinski definition) is 5. The molecule has 0 spiro atoms. The molecule has 2 saturated heterocycles. The van der Waals surface area contributed by atoms with Crippen molar-refractivity contribution in [2.24, 2.45) is 0 Å². The quantitative estimate of drug-likeness (QED) is 0.708. The Morgan fingerprint density at radius 3 is 2.55 bits per heavy atom. The van der Waals surface area contributed by atoms with Gasteiger partial charge in [-0.2, -0.15) is 0 Å². The van der Waals surface area contributed by atoms with E-state index in [0.29, 0.717) is 6.54 Å². The highest BCUT2D eigenvalue weighted by atomic mass is 16.6. The molecule has 2 atom stereocenters. The van der Waals surface area contributed by atoms with Crippen LogP contribution in [0, 0.1) is 0 Å². The SMILES string of the molecule is COC(=O)[C@H]1CN(CCCN2CCCCC2)C[C@@H](C)O1. The van der Waals surface area contributed by atoms with Crippen molar-refractivity contribution in [3.63, 3.8) is 0 Å². The van der Waals surface area contributed by atoms with Crippen molar-refractivity contribution in [1.82, 2.24) is 9.80 Å². The summed E-state index contributed by atoms with van der Waals surface area (Å²) < 4.78 is 10.4. The Hall–Kier alpha value is -0.650. The van der Waals surface area contributed by atoms with Crippen LogP contribution in [0.25, 0.3) is 0 Å². The van der Waals surface area contributed by atoms with Gasteiger partial charge in [0.05, 0.1) is 13.2 Å². The molecule has 0 radical (unpaired) electrons. The first-order valence-electron chi connectivity index (χ1n) is 7.87. The number of nitrogens with zero attached hydrogens (tertiary/aromatic N) is 2. The van der Waals surface area contributed by atoms with E-state index in [2.05, 4.69) is 9.80 Å². The van der Waals surface area contributed by atoms with Crippen LogP contribution in [0.3, 0.4) is 0 Å². The van der Waals surface area contributed by atoms with E-state index in [4.69, 9.17) is 9.47 Å². The van der Waals surface area contributed by atoms with Crippen LogP contribution in [-0.4, -0.2) is 74.4 Å². The topological polar surface area (TPSA) is 42.0 Å². The zero-order valence-electron chi connectivity index (χ0n) is 12.8. The summed E-state index contributed by atoms with van der Waals surface area (Å²) in [6, 6.07) is 0. The summed E-state index contributed by atoms with van der Waals surface area (Å²) in [7, 11) is 1.42. The summed E-state index contributed by atoms with van der Waals surface area (Å²) in [5.41, 5.74) is 0. The normalized spacial score (nSPS) is 29.3. The summed E-state index contributed by atoms with van der Waals surface area (Å²) in [6.45, 7) is 8.32. The monoisotopic (exact) mass is 284 g/mol. The molecule has 0 N–H and O–H groups in total. The summed E-state index contributed by atoms with van der Waals surface area (Å²) in [5, 5.41) is 0. The van der Waals surface area contributed by atoms with Crippen molar-refractivity contribution >= 4 is 5.97 Å². The lowest BCUT2D eigenvalue weighted by Crippen LogP contribution is -2.50. The van der Waals surface area contributed by atoms with Gasteiger partial charge in [-0.15, -0.1) is 0 Å². The first kappa shape index (κ1) is 15.7. The van der Waals surface area contributed by atoms with E-state index in [1.807, 2.05) is 6.92 Å². The fraction of sp³-hybridized carbons (Fsp3) is 0.933. The van der Waals surface area contributed by atoms with E-state index < -0.39 is 6.10 Å². The van der Waals surface area contributed by atoms with Gasteiger partial charge in [-0.3, -0.25) is 4.90 Å². The van der Waals surface area contributed by atoms with Gasteiger partial charge in [-0.25, -0.2) is 4.79 Å². The number of likely N-dealkylation sites (tertiary alicyclic amines) is 1. The van der Waals surface area contributed by atoms with Gasteiger partial charge in [0.1, 0.15) is 0 Å². The zero-order valence-corrected chi connectivity index (χ0v) is 12.8. The minimum Gasteiger partial charge on any atom is -0.467 e. The molecule has 2 rings (SSSR count). The van der Waals surface area contributed by atoms with Crippen LogP contribution in [0.4, 0.5) is 0 Å². The third-order valence-electron chi connectivity index (χ3n) is 4.20. The minimum absolute atomic E-state index is 0.0998. The molecular formula is C15H28N2O3. The second-order valence-corrected chi connectivity index (χ2v) is 5.97. The van der Waals surface area contributed by atoms with E-state index in [0.717, 1.165) is 13.1 Å². The average Bonchev–Trinajstić information content (AvgIpc) is 2.47. The molecule has 0 aromatic rings. The van der Waals surface area contributed by atoms with E-state index in [-0.39, 0.29) is 12.1 Å². The van der Waals surface area contributed by atoms with Gasteiger partial charge in [-0.05, 0) is 52.4 Å². The van der Waals surface area contributed by atoms with Gasteiger partial charge in [0.2, 0.25) is 0 Å². The average molecular weight is 284 g/mol. The molecule has 0 aromatic heterocycles. The summed E-state index contributed by atoms with van der Waals surface area (Å²) in [4.78, 5) is 16.5. The third-order valence-corrected chi connectivity index (χ3v) is 4.20. The number of piperidine rings is 1. The predicted molar refractivity (Wildman–Crippen MR) is 77.7 cm³/mol. The van der Waals surface area contributed by atoms with E-state index in [9.17, 15) is 4.79 Å². The van der Waals surface area contributed by atoms with Gasteiger partial charge in [0.25, 0.3) is 0 Å². The molecule has 116 valence electrons. The molecule has 0 saturated carbocycles. The molecule has 0 bridgehead atoms. The second kappa shape index (κ2) is 7.96. The summed E-state index contributed by atoms with van der Waals surface area (Å²) in [5.74, 6) is -0.252. The maximum atomic E-state index is 11.6. The van der Waals surface area contributed by atoms with Gasteiger partial charge in [-0.1, -0.05) is 6.42 Å². The number of morpholine rings is 1. The molecule has 0 amide bonds. The molecule has 5 nitrogen and oxygen atoms in total. The van der Waals surface area contributed by atoms with E-state index in [1.54, 1.807) is 0 Å². The van der Waals surface area contributed by atoms with Crippen molar-refractivity contribution in [2.45, 2.75) is 44.8 Å². The first-order valence-corrected chi connectivity index (χ1v) is 7.87. The highest BCUT2D eigenvalue weighted by Crippen LogP contribution is 2.13. The van der Waals surface area contributed by atoms with Crippen molar-refractivity contribution in [3.8, 4) is 0 Å². The molecule has 0 aromatic carbocycles. The lowest BCUT2D eigenvalue weighted by molar-refractivity contribution is -0.166. The number of hydrogen-bond donors (Lipinski definition) is 0. The Balaban J connectivity index is 1.69. The number of esters is 1. The van der Waals surface area contributed by atoms with Crippen molar-refractivity contribution < 1.29 is 14.3 Å². The Morgan fingerprint density at radius 1 is 1.15 bits per heavy atom. The lowest BCUT2D eigenvalue weighted by Gasteiger charge is -2.36. The Kier molecular flexibility index (Phi) is 6.26. The number of ether oxygens (including phenoxy) is 2. The van der Waals surface area contributed by atoms with Crippen LogP contribution in [0.5, 0.6) is 0 Å². The first-order chi connectivity index (χ1) is 9.69. The van der Waals surface area contributed by atoms with Crippen LogP contribution in [-0.2, 0) is 14.3 Å². The summed E-state index contributed by atoms with van der Waals surface area (Å²) in [6.07, 6.45) is 4.93. The molecular weight excluding hydrogens is 256 g/mol. The fourth-order valence-electron chi connectivity index (χ4n) is 3.18. The van der Waals surface area contributed by atoms with Crippen molar-refractivity contribution in [2.75, 3.05) is 46.4 Å². The fourth-order valence-corrected chi connectivity index (χ4v) is 3.18. The lowest BCUT2D eigenvalue weighted by atomic mass is 10.1. The predicted octanol–water partition coefficient (Wildman–Crippen LogP) is 1.12. The Labute approximate surface area is 122 Å².